The molecule has 21 heavy (non-hydrogen) atoms. The van der Waals surface area contributed by atoms with Crippen molar-refractivity contribution >= 4 is 5.69 Å². The van der Waals surface area contributed by atoms with Crippen molar-refractivity contribution in [2.75, 3.05) is 12.4 Å². The zero-order chi connectivity index (χ0) is 14.7. The molecule has 0 heterocycles. The van der Waals surface area contributed by atoms with Crippen LogP contribution in [0.4, 0.5) is 5.69 Å². The Morgan fingerprint density at radius 1 is 1.00 bits per heavy atom. The number of hydrogen-bond acceptors (Lipinski definition) is 2. The van der Waals surface area contributed by atoms with Gasteiger partial charge in [-0.05, 0) is 36.0 Å². The normalized spacial score (nSPS) is 20.9. The van der Waals surface area contributed by atoms with Gasteiger partial charge in [0.05, 0.1) is 12.6 Å². The molecule has 0 bridgehead atoms. The van der Waals surface area contributed by atoms with Gasteiger partial charge in [0.1, 0.15) is 0 Å². The number of fused-ring (bicyclic) bond motifs is 1. The van der Waals surface area contributed by atoms with Gasteiger partial charge in [-0.2, -0.15) is 0 Å². The summed E-state index contributed by atoms with van der Waals surface area (Å²) in [5, 5.41) is 3.73. The van der Waals surface area contributed by atoms with E-state index in [1.807, 2.05) is 0 Å². The second-order valence-corrected chi connectivity index (χ2v) is 5.89. The van der Waals surface area contributed by atoms with E-state index >= 15 is 0 Å². The summed E-state index contributed by atoms with van der Waals surface area (Å²) in [6, 6.07) is 17.7. The minimum absolute atomic E-state index is 0.399. The molecule has 0 saturated heterocycles. The van der Waals surface area contributed by atoms with Crippen LogP contribution in [-0.4, -0.2) is 7.11 Å². The van der Waals surface area contributed by atoms with Crippen molar-refractivity contribution < 1.29 is 4.74 Å². The summed E-state index contributed by atoms with van der Waals surface area (Å²) in [6.45, 7) is 2.97. The first kappa shape index (κ1) is 14.2. The summed E-state index contributed by atoms with van der Waals surface area (Å²) < 4.78 is 5.30. The molecule has 2 atom stereocenters. The monoisotopic (exact) mass is 281 g/mol. The molecule has 1 aliphatic rings. The lowest BCUT2D eigenvalue weighted by atomic mass is 9.81. The molecule has 2 aromatic carbocycles. The number of nitrogens with one attached hydrogen (secondary N) is 1. The SMILES string of the molecule is COCc1ccccc1NC1CCC(C)c2ccccc21. The lowest BCUT2D eigenvalue weighted by Gasteiger charge is -2.31. The Balaban J connectivity index is 1.88. The number of benzene rings is 2. The van der Waals surface area contributed by atoms with Crippen LogP contribution in [0.25, 0.3) is 0 Å². The van der Waals surface area contributed by atoms with E-state index in [0.717, 1.165) is 0 Å². The first-order valence-corrected chi connectivity index (χ1v) is 7.72. The number of rotatable bonds is 4. The fraction of sp³-hybridized carbons (Fsp3) is 0.368. The molecule has 2 aromatic rings. The highest BCUT2D eigenvalue weighted by molar-refractivity contribution is 5.53. The van der Waals surface area contributed by atoms with Crippen molar-refractivity contribution in [3.8, 4) is 0 Å². The lowest BCUT2D eigenvalue weighted by Crippen LogP contribution is -2.19. The van der Waals surface area contributed by atoms with Gasteiger partial charge in [-0.15, -0.1) is 0 Å². The first-order valence-electron chi connectivity index (χ1n) is 7.72. The van der Waals surface area contributed by atoms with E-state index in [1.54, 1.807) is 7.11 Å². The number of methoxy groups -OCH3 is 1. The van der Waals surface area contributed by atoms with Crippen molar-refractivity contribution in [1.82, 2.24) is 0 Å². The third-order valence-corrected chi connectivity index (χ3v) is 4.44. The quantitative estimate of drug-likeness (QED) is 0.862. The Labute approximate surface area is 127 Å². The maximum absolute atomic E-state index is 5.30. The van der Waals surface area contributed by atoms with E-state index in [-0.39, 0.29) is 0 Å². The van der Waals surface area contributed by atoms with E-state index in [4.69, 9.17) is 4.74 Å². The Bertz CT molecular complexity index is 608. The maximum atomic E-state index is 5.30. The Kier molecular flexibility index (Phi) is 4.26. The number of ether oxygens (including phenoxy) is 1. The van der Waals surface area contributed by atoms with E-state index in [1.165, 1.54) is 35.2 Å². The Morgan fingerprint density at radius 2 is 1.71 bits per heavy atom. The van der Waals surface area contributed by atoms with Gasteiger partial charge in [0, 0.05) is 18.4 Å². The van der Waals surface area contributed by atoms with Crippen LogP contribution < -0.4 is 5.32 Å². The molecule has 2 heteroatoms. The summed E-state index contributed by atoms with van der Waals surface area (Å²) in [7, 11) is 1.74. The second-order valence-electron chi connectivity index (χ2n) is 5.89. The summed E-state index contributed by atoms with van der Waals surface area (Å²) in [5.74, 6) is 0.661. The molecular weight excluding hydrogens is 258 g/mol. The van der Waals surface area contributed by atoms with Crippen molar-refractivity contribution in [2.45, 2.75) is 38.3 Å². The average Bonchev–Trinajstić information content (AvgIpc) is 2.52. The van der Waals surface area contributed by atoms with E-state index in [9.17, 15) is 0 Å². The van der Waals surface area contributed by atoms with Gasteiger partial charge in [-0.3, -0.25) is 0 Å². The molecule has 1 aliphatic carbocycles. The summed E-state index contributed by atoms with van der Waals surface area (Å²) >= 11 is 0. The molecule has 0 fully saturated rings. The van der Waals surface area contributed by atoms with Crippen LogP contribution in [0, 0.1) is 0 Å². The molecule has 2 unspecified atom stereocenters. The van der Waals surface area contributed by atoms with Crippen LogP contribution in [0.15, 0.2) is 48.5 Å². The van der Waals surface area contributed by atoms with E-state index < -0.39 is 0 Å². The van der Waals surface area contributed by atoms with Crippen molar-refractivity contribution in [3.63, 3.8) is 0 Å². The van der Waals surface area contributed by atoms with Gasteiger partial charge in [-0.25, -0.2) is 0 Å². The zero-order valence-electron chi connectivity index (χ0n) is 12.8. The highest BCUT2D eigenvalue weighted by Gasteiger charge is 2.24. The molecule has 0 saturated carbocycles. The Morgan fingerprint density at radius 3 is 2.52 bits per heavy atom. The molecular formula is C19H23NO. The van der Waals surface area contributed by atoms with Crippen LogP contribution in [0.5, 0.6) is 0 Å². The van der Waals surface area contributed by atoms with Gasteiger partial charge in [0.15, 0.2) is 0 Å². The van der Waals surface area contributed by atoms with Gasteiger partial charge in [0.2, 0.25) is 0 Å². The third kappa shape index (κ3) is 2.96. The molecule has 0 radical (unpaired) electrons. The summed E-state index contributed by atoms with van der Waals surface area (Å²) in [4.78, 5) is 0. The van der Waals surface area contributed by atoms with Crippen molar-refractivity contribution in [1.29, 1.82) is 0 Å². The minimum Gasteiger partial charge on any atom is -0.380 e. The predicted molar refractivity (Wildman–Crippen MR) is 87.6 cm³/mol. The van der Waals surface area contributed by atoms with Crippen molar-refractivity contribution in [2.24, 2.45) is 0 Å². The first-order chi connectivity index (χ1) is 10.3. The number of anilines is 1. The molecule has 2 nitrogen and oxygen atoms in total. The number of para-hydroxylation sites is 1. The van der Waals surface area contributed by atoms with Crippen LogP contribution in [-0.2, 0) is 11.3 Å². The molecule has 1 N–H and O–H groups in total. The van der Waals surface area contributed by atoms with Crippen LogP contribution in [0.1, 0.15) is 48.4 Å². The second kappa shape index (κ2) is 6.31. The number of hydrogen-bond donors (Lipinski definition) is 1. The largest absolute Gasteiger partial charge is 0.380 e. The molecule has 0 aromatic heterocycles. The summed E-state index contributed by atoms with van der Waals surface area (Å²) in [5.41, 5.74) is 5.35. The Hall–Kier alpha value is -1.80. The fourth-order valence-corrected chi connectivity index (χ4v) is 3.28. The van der Waals surface area contributed by atoms with Gasteiger partial charge < -0.3 is 10.1 Å². The highest BCUT2D eigenvalue weighted by atomic mass is 16.5. The average molecular weight is 281 g/mol. The van der Waals surface area contributed by atoms with Gasteiger partial charge in [-0.1, -0.05) is 49.4 Å². The molecule has 110 valence electrons. The zero-order valence-corrected chi connectivity index (χ0v) is 12.8. The van der Waals surface area contributed by atoms with Crippen molar-refractivity contribution in [3.05, 3.63) is 65.2 Å². The molecule has 3 rings (SSSR count). The van der Waals surface area contributed by atoms with Gasteiger partial charge in [0.25, 0.3) is 0 Å². The maximum Gasteiger partial charge on any atom is 0.0733 e. The third-order valence-electron chi connectivity index (χ3n) is 4.44. The topological polar surface area (TPSA) is 21.3 Å². The molecule has 0 aliphatic heterocycles. The highest BCUT2D eigenvalue weighted by Crippen LogP contribution is 2.39. The summed E-state index contributed by atoms with van der Waals surface area (Å²) in [6.07, 6.45) is 2.42. The van der Waals surface area contributed by atoms with Crippen LogP contribution in [0.3, 0.4) is 0 Å². The fourth-order valence-electron chi connectivity index (χ4n) is 3.28. The predicted octanol–water partition coefficient (Wildman–Crippen LogP) is 4.88. The molecule has 0 amide bonds. The van der Waals surface area contributed by atoms with Crippen LogP contribution in [0.2, 0.25) is 0 Å². The smallest absolute Gasteiger partial charge is 0.0733 e. The lowest BCUT2D eigenvalue weighted by molar-refractivity contribution is 0.185. The van der Waals surface area contributed by atoms with Gasteiger partial charge >= 0.3 is 0 Å². The van der Waals surface area contributed by atoms with E-state index in [0.29, 0.717) is 18.6 Å². The van der Waals surface area contributed by atoms with Crippen LogP contribution >= 0.6 is 0 Å². The minimum atomic E-state index is 0.399. The molecule has 0 spiro atoms. The van der Waals surface area contributed by atoms with E-state index in [2.05, 4.69) is 60.8 Å². The standard InChI is InChI=1S/C19H23NO/c1-14-11-12-19(17-9-5-4-8-16(14)17)20-18-10-6-3-7-15(18)13-21-2/h3-10,14,19-20H,11-13H2,1-2H3.